The third-order valence-corrected chi connectivity index (χ3v) is 6.49. The van der Waals surface area contributed by atoms with Gasteiger partial charge in [0.15, 0.2) is 5.69 Å². The summed E-state index contributed by atoms with van der Waals surface area (Å²) in [6, 6.07) is 3.13. The number of halogens is 4. The van der Waals surface area contributed by atoms with Crippen LogP contribution in [0, 0.1) is 5.92 Å². The number of nitrogens with zero attached hydrogens (tertiary/aromatic N) is 5. The lowest BCUT2D eigenvalue weighted by atomic mass is 9.84. The summed E-state index contributed by atoms with van der Waals surface area (Å²) in [7, 11) is 0. The molecular weight excluding hydrogens is 498 g/mol. The number of ketones is 1. The van der Waals surface area contributed by atoms with Gasteiger partial charge in [-0.25, -0.2) is 9.37 Å². The summed E-state index contributed by atoms with van der Waals surface area (Å²) in [6.07, 6.45) is -5.59. The molecule has 2 aromatic rings. The third kappa shape index (κ3) is 6.80. The second-order valence-electron chi connectivity index (χ2n) is 9.33. The zero-order valence-electron chi connectivity index (χ0n) is 19.9. The summed E-state index contributed by atoms with van der Waals surface area (Å²) in [6.45, 7) is 1.01. The van der Waals surface area contributed by atoms with Crippen LogP contribution in [0.2, 0.25) is 0 Å². The van der Waals surface area contributed by atoms with Crippen molar-refractivity contribution < 1.29 is 31.9 Å². The predicted octanol–water partition coefficient (Wildman–Crippen LogP) is 2.98. The number of piperidine rings is 1. The lowest BCUT2D eigenvalue weighted by molar-refractivity contribution is -0.133. The maximum Gasteiger partial charge on any atom is 0.389 e. The first-order chi connectivity index (χ1) is 17.5. The molecule has 2 aromatic heterocycles. The molecule has 1 saturated heterocycles. The first-order valence-corrected chi connectivity index (χ1v) is 11.9. The Morgan fingerprint density at radius 2 is 1.78 bits per heavy atom. The quantitative estimate of drug-likeness (QED) is 0.372. The van der Waals surface area contributed by atoms with Crippen LogP contribution in [0.3, 0.4) is 0 Å². The van der Waals surface area contributed by atoms with Crippen LogP contribution in [0.5, 0.6) is 6.01 Å². The van der Waals surface area contributed by atoms with E-state index >= 15 is 0 Å². The molecule has 2 fully saturated rings. The van der Waals surface area contributed by atoms with E-state index in [0.29, 0.717) is 44.5 Å². The molecule has 0 radical (unpaired) electrons. The van der Waals surface area contributed by atoms with Gasteiger partial charge in [-0.1, -0.05) is 0 Å². The minimum absolute atomic E-state index is 0.00624. The van der Waals surface area contributed by atoms with E-state index < -0.39 is 42.7 Å². The molecule has 10 nitrogen and oxygen atoms in total. The number of carbonyl (C=O) groups is 2. The van der Waals surface area contributed by atoms with Crippen molar-refractivity contribution in [2.45, 2.75) is 56.8 Å². The minimum Gasteiger partial charge on any atom is -0.463 e. The highest BCUT2D eigenvalue weighted by Crippen LogP contribution is 2.32. The van der Waals surface area contributed by atoms with Crippen molar-refractivity contribution >= 4 is 23.3 Å². The summed E-state index contributed by atoms with van der Waals surface area (Å²) >= 11 is 0. The topological polar surface area (TPSA) is 150 Å². The first-order valence-electron chi connectivity index (χ1n) is 11.9. The van der Waals surface area contributed by atoms with Crippen molar-refractivity contribution in [2.75, 3.05) is 30.3 Å². The van der Waals surface area contributed by atoms with E-state index in [2.05, 4.69) is 19.9 Å². The second kappa shape index (κ2) is 10.8. The summed E-state index contributed by atoms with van der Waals surface area (Å²) in [4.78, 5) is 42.4. The molecule has 0 unspecified atom stereocenters. The fraction of sp³-hybridized carbons (Fsp3) is 0.565. The highest BCUT2D eigenvalue weighted by atomic mass is 19.4. The van der Waals surface area contributed by atoms with Gasteiger partial charge in [-0.05, 0) is 43.7 Å². The number of anilines is 2. The highest BCUT2D eigenvalue weighted by molar-refractivity contribution is 5.95. The van der Waals surface area contributed by atoms with E-state index in [0.717, 1.165) is 0 Å². The number of nitrogen functional groups attached to an aromatic ring is 1. The van der Waals surface area contributed by atoms with Gasteiger partial charge in [-0.3, -0.25) is 9.59 Å². The van der Waals surface area contributed by atoms with Crippen LogP contribution in [-0.4, -0.2) is 63.7 Å². The van der Waals surface area contributed by atoms with E-state index in [9.17, 15) is 27.2 Å². The van der Waals surface area contributed by atoms with Crippen molar-refractivity contribution in [1.82, 2.24) is 19.9 Å². The Morgan fingerprint density at radius 1 is 1.08 bits per heavy atom. The number of hydrogen-bond acceptors (Lipinski definition) is 9. The number of pyridine rings is 1. The van der Waals surface area contributed by atoms with Crippen LogP contribution in [0.25, 0.3) is 0 Å². The molecule has 14 heteroatoms. The van der Waals surface area contributed by atoms with Crippen LogP contribution in [0.1, 0.15) is 71.2 Å². The predicted molar refractivity (Wildman–Crippen MR) is 124 cm³/mol. The van der Waals surface area contributed by atoms with E-state index in [4.69, 9.17) is 16.2 Å². The Morgan fingerprint density at radius 3 is 2.41 bits per heavy atom. The standard InChI is InChI=1S/C23H27F4N7O3/c24-14-9-12(10-14)11-37-22-32-20(17(35)3-6-23(25,26)27)31-21(33-22)34-7-4-13(5-8-34)16-2-1-15(28)18(30-16)19(29)36/h1-2,12-14H,3-11,28H2,(H2,29,36). The van der Waals surface area contributed by atoms with Gasteiger partial charge in [0, 0.05) is 31.1 Å². The molecule has 0 bridgehead atoms. The van der Waals surface area contributed by atoms with Gasteiger partial charge in [0.2, 0.25) is 17.6 Å². The van der Waals surface area contributed by atoms with Gasteiger partial charge in [0.25, 0.3) is 5.91 Å². The van der Waals surface area contributed by atoms with Gasteiger partial charge in [-0.15, -0.1) is 0 Å². The molecule has 3 heterocycles. The molecule has 0 spiro atoms. The van der Waals surface area contributed by atoms with Crippen molar-refractivity contribution in [3.05, 3.63) is 29.3 Å². The molecule has 0 atom stereocenters. The molecule has 0 aromatic carbocycles. The molecule has 200 valence electrons. The monoisotopic (exact) mass is 525 g/mol. The lowest BCUT2D eigenvalue weighted by Gasteiger charge is -2.32. The molecule has 37 heavy (non-hydrogen) atoms. The smallest absolute Gasteiger partial charge is 0.389 e. The van der Waals surface area contributed by atoms with Crippen LogP contribution >= 0.6 is 0 Å². The van der Waals surface area contributed by atoms with Crippen molar-refractivity contribution in [2.24, 2.45) is 11.7 Å². The number of hydrogen-bond donors (Lipinski definition) is 2. The van der Waals surface area contributed by atoms with E-state index in [-0.39, 0.29) is 41.8 Å². The summed E-state index contributed by atoms with van der Waals surface area (Å²) in [5.74, 6) is -1.92. The number of rotatable bonds is 9. The molecule has 1 aliphatic carbocycles. The summed E-state index contributed by atoms with van der Waals surface area (Å²) < 4.78 is 56.6. The number of aromatic nitrogens is 4. The van der Waals surface area contributed by atoms with Crippen LogP contribution in [0.4, 0.5) is 29.2 Å². The van der Waals surface area contributed by atoms with Crippen molar-refractivity contribution in [3.63, 3.8) is 0 Å². The molecular formula is C23H27F4N7O3. The van der Waals surface area contributed by atoms with E-state index in [1.54, 1.807) is 17.0 Å². The minimum atomic E-state index is -4.50. The number of ether oxygens (including phenoxy) is 1. The van der Waals surface area contributed by atoms with Gasteiger partial charge in [-0.2, -0.15) is 28.1 Å². The Labute approximate surface area is 209 Å². The molecule has 4 rings (SSSR count). The number of amides is 1. The maximum absolute atomic E-state index is 13.1. The van der Waals surface area contributed by atoms with Gasteiger partial charge in [0.05, 0.1) is 18.7 Å². The molecule has 1 saturated carbocycles. The van der Waals surface area contributed by atoms with Crippen molar-refractivity contribution in [3.8, 4) is 6.01 Å². The zero-order valence-corrected chi connectivity index (χ0v) is 19.9. The normalized spacial score (nSPS) is 20.4. The van der Waals surface area contributed by atoms with Gasteiger partial charge < -0.3 is 21.1 Å². The summed E-state index contributed by atoms with van der Waals surface area (Å²) in [5.41, 5.74) is 12.0. The number of carbonyl (C=O) groups excluding carboxylic acids is 2. The third-order valence-electron chi connectivity index (χ3n) is 6.49. The Hall–Kier alpha value is -3.58. The molecule has 4 N–H and O–H groups in total. The first kappa shape index (κ1) is 26.5. The second-order valence-corrected chi connectivity index (χ2v) is 9.33. The number of primary amides is 1. The lowest BCUT2D eigenvalue weighted by Crippen LogP contribution is -2.35. The molecule has 1 aliphatic heterocycles. The Bertz CT molecular complexity index is 1150. The largest absolute Gasteiger partial charge is 0.463 e. The molecule has 1 amide bonds. The SMILES string of the molecule is NC(=O)c1nc(C2CCN(c3nc(OCC4CC(F)C4)nc(C(=O)CCC(F)(F)F)n3)CC2)ccc1N. The van der Waals surface area contributed by atoms with Gasteiger partial charge in [0.1, 0.15) is 6.17 Å². The number of Topliss-reactive ketones (excluding diaryl/α,β-unsaturated/α-hetero) is 1. The Kier molecular flexibility index (Phi) is 7.73. The number of nitrogens with two attached hydrogens (primary N) is 2. The van der Waals surface area contributed by atoms with Gasteiger partial charge >= 0.3 is 12.2 Å². The van der Waals surface area contributed by atoms with Crippen LogP contribution < -0.4 is 21.1 Å². The summed E-state index contributed by atoms with van der Waals surface area (Å²) in [5, 5.41) is 0. The van der Waals surface area contributed by atoms with Crippen LogP contribution in [-0.2, 0) is 0 Å². The fourth-order valence-electron chi connectivity index (χ4n) is 4.31. The maximum atomic E-state index is 13.1. The fourth-order valence-corrected chi connectivity index (χ4v) is 4.31. The van der Waals surface area contributed by atoms with E-state index in [1.165, 1.54) is 0 Å². The van der Waals surface area contributed by atoms with Crippen molar-refractivity contribution in [1.29, 1.82) is 0 Å². The number of alkyl halides is 4. The van der Waals surface area contributed by atoms with Crippen LogP contribution in [0.15, 0.2) is 12.1 Å². The Balaban J connectivity index is 1.48. The average molecular weight is 526 g/mol. The van der Waals surface area contributed by atoms with E-state index in [1.807, 2.05) is 0 Å². The average Bonchev–Trinajstić information content (AvgIpc) is 2.84. The zero-order chi connectivity index (χ0) is 26.7. The molecule has 2 aliphatic rings. The highest BCUT2D eigenvalue weighted by Gasteiger charge is 2.32.